The van der Waals surface area contributed by atoms with Crippen molar-refractivity contribution in [3.63, 3.8) is 0 Å². The van der Waals surface area contributed by atoms with Gasteiger partial charge in [-0.05, 0) is 26.0 Å². The van der Waals surface area contributed by atoms with Crippen LogP contribution in [0.15, 0.2) is 16.3 Å². The Hall–Kier alpha value is -0.830. The molecule has 1 rings (SSSR count). The molecule has 0 spiro atoms. The summed E-state index contributed by atoms with van der Waals surface area (Å²) in [4.78, 5) is 0.990. The van der Waals surface area contributed by atoms with Crippen molar-refractivity contribution in [2.24, 2.45) is 0 Å². The van der Waals surface area contributed by atoms with Crippen LogP contribution in [0, 0.1) is 18.8 Å². The van der Waals surface area contributed by atoms with E-state index in [1.165, 1.54) is 11.3 Å². The zero-order valence-electron chi connectivity index (χ0n) is 8.70. The molecule has 5 heteroatoms. The number of hydrogen-bond donors (Lipinski definition) is 1. The topological polar surface area (TPSA) is 46.2 Å². The normalized spacial score (nSPS) is 10.8. The maximum Gasteiger partial charge on any atom is 0.250 e. The molecule has 0 radical (unpaired) electrons. The molecule has 0 aliphatic heterocycles. The van der Waals surface area contributed by atoms with Crippen molar-refractivity contribution in [1.29, 1.82) is 0 Å². The Morgan fingerprint density at radius 2 is 2.20 bits per heavy atom. The van der Waals surface area contributed by atoms with Gasteiger partial charge in [-0.1, -0.05) is 0 Å². The minimum absolute atomic E-state index is 0.361. The van der Waals surface area contributed by atoms with Crippen molar-refractivity contribution >= 4 is 21.4 Å². The summed E-state index contributed by atoms with van der Waals surface area (Å²) in [5, 5.41) is 0. The molecule has 82 valence electrons. The lowest BCUT2D eigenvalue weighted by molar-refractivity contribution is 0.584. The molecule has 0 aliphatic rings. The summed E-state index contributed by atoms with van der Waals surface area (Å²) in [6.45, 7) is 3.98. The first-order valence-electron chi connectivity index (χ1n) is 4.52. The van der Waals surface area contributed by atoms with Gasteiger partial charge in [-0.3, -0.25) is 0 Å². The lowest BCUT2D eigenvalue weighted by Crippen LogP contribution is -2.23. The highest BCUT2D eigenvalue weighted by molar-refractivity contribution is 7.91. The molecule has 1 aromatic rings. The molecule has 15 heavy (non-hydrogen) atoms. The van der Waals surface area contributed by atoms with Gasteiger partial charge in [-0.25, -0.2) is 13.1 Å². The highest BCUT2D eigenvalue weighted by Crippen LogP contribution is 2.19. The van der Waals surface area contributed by atoms with Crippen molar-refractivity contribution in [3.05, 3.63) is 17.0 Å². The molecule has 1 aromatic heterocycles. The summed E-state index contributed by atoms with van der Waals surface area (Å²) >= 11 is 1.27. The zero-order valence-corrected chi connectivity index (χ0v) is 10.3. The summed E-state index contributed by atoms with van der Waals surface area (Å²) in [5.41, 5.74) is 0. The van der Waals surface area contributed by atoms with Crippen molar-refractivity contribution in [3.8, 4) is 11.8 Å². The Balaban J connectivity index is 2.63. The van der Waals surface area contributed by atoms with Crippen LogP contribution in [0.25, 0.3) is 0 Å². The number of rotatable bonds is 4. The van der Waals surface area contributed by atoms with E-state index in [2.05, 4.69) is 16.6 Å². The third-order valence-corrected chi connectivity index (χ3v) is 4.65. The van der Waals surface area contributed by atoms with Gasteiger partial charge in [0.25, 0.3) is 0 Å². The first kappa shape index (κ1) is 12.2. The van der Waals surface area contributed by atoms with Gasteiger partial charge in [0.05, 0.1) is 0 Å². The van der Waals surface area contributed by atoms with Crippen LogP contribution in [0.4, 0.5) is 0 Å². The second kappa shape index (κ2) is 5.31. The summed E-state index contributed by atoms with van der Waals surface area (Å²) in [6.07, 6.45) is 0.542. The Bertz CT molecular complexity index is 477. The van der Waals surface area contributed by atoms with E-state index in [0.29, 0.717) is 17.2 Å². The van der Waals surface area contributed by atoms with E-state index in [1.807, 2.05) is 6.92 Å². The molecular weight excluding hydrogens is 230 g/mol. The fourth-order valence-electron chi connectivity index (χ4n) is 1.00. The predicted molar refractivity (Wildman–Crippen MR) is 62.3 cm³/mol. The number of sulfonamides is 1. The van der Waals surface area contributed by atoms with Crippen LogP contribution in [-0.4, -0.2) is 15.0 Å². The van der Waals surface area contributed by atoms with Gasteiger partial charge in [-0.15, -0.1) is 23.2 Å². The first-order valence-corrected chi connectivity index (χ1v) is 6.82. The van der Waals surface area contributed by atoms with Gasteiger partial charge in [0.15, 0.2) is 0 Å². The lowest BCUT2D eigenvalue weighted by atomic mass is 10.4. The van der Waals surface area contributed by atoms with E-state index in [1.54, 1.807) is 19.1 Å². The Kier molecular flexibility index (Phi) is 4.33. The van der Waals surface area contributed by atoms with E-state index in [4.69, 9.17) is 0 Å². The van der Waals surface area contributed by atoms with Gasteiger partial charge in [0.1, 0.15) is 4.21 Å². The van der Waals surface area contributed by atoms with E-state index < -0.39 is 10.0 Å². The lowest BCUT2D eigenvalue weighted by Gasteiger charge is -2.01. The third-order valence-electron chi connectivity index (χ3n) is 1.70. The van der Waals surface area contributed by atoms with Crippen LogP contribution in [0.1, 0.15) is 18.2 Å². The fraction of sp³-hybridized carbons (Fsp3) is 0.400. The SMILES string of the molecule is CC#CCCNS(=O)(=O)c1ccc(C)s1. The highest BCUT2D eigenvalue weighted by atomic mass is 32.2. The van der Waals surface area contributed by atoms with Gasteiger partial charge in [-0.2, -0.15) is 0 Å². The zero-order chi connectivity index (χ0) is 11.3. The maximum atomic E-state index is 11.7. The minimum Gasteiger partial charge on any atom is -0.209 e. The van der Waals surface area contributed by atoms with Gasteiger partial charge >= 0.3 is 0 Å². The van der Waals surface area contributed by atoms with Gasteiger partial charge in [0, 0.05) is 17.8 Å². The predicted octanol–water partition coefficient (Wildman–Crippen LogP) is 1.75. The molecule has 0 saturated heterocycles. The van der Waals surface area contributed by atoms with Crippen molar-refractivity contribution in [1.82, 2.24) is 4.72 Å². The van der Waals surface area contributed by atoms with Crippen LogP contribution in [0.5, 0.6) is 0 Å². The van der Waals surface area contributed by atoms with Crippen LogP contribution in [0.2, 0.25) is 0 Å². The summed E-state index contributed by atoms with van der Waals surface area (Å²) in [6, 6.07) is 3.42. The molecule has 0 amide bonds. The smallest absolute Gasteiger partial charge is 0.209 e. The molecule has 0 aliphatic carbocycles. The Morgan fingerprint density at radius 1 is 1.47 bits per heavy atom. The summed E-state index contributed by atoms with van der Waals surface area (Å²) in [7, 11) is -3.32. The maximum absolute atomic E-state index is 11.7. The summed E-state index contributed by atoms with van der Waals surface area (Å²) < 4.78 is 26.2. The largest absolute Gasteiger partial charge is 0.250 e. The number of thiophene rings is 1. The molecule has 0 saturated carbocycles. The Morgan fingerprint density at radius 3 is 2.73 bits per heavy atom. The van der Waals surface area contributed by atoms with Crippen LogP contribution in [0.3, 0.4) is 0 Å². The van der Waals surface area contributed by atoms with Gasteiger partial charge in [0.2, 0.25) is 10.0 Å². The van der Waals surface area contributed by atoms with Crippen molar-refractivity contribution in [2.75, 3.05) is 6.54 Å². The monoisotopic (exact) mass is 243 g/mol. The molecule has 0 unspecified atom stereocenters. The van der Waals surface area contributed by atoms with Crippen LogP contribution in [-0.2, 0) is 10.0 Å². The Labute approximate surface area is 94.6 Å². The van der Waals surface area contributed by atoms with E-state index >= 15 is 0 Å². The number of nitrogens with one attached hydrogen (secondary N) is 1. The third kappa shape index (κ3) is 3.67. The van der Waals surface area contributed by atoms with E-state index in [-0.39, 0.29) is 0 Å². The summed E-state index contributed by atoms with van der Waals surface area (Å²) in [5.74, 6) is 5.52. The first-order chi connectivity index (χ1) is 7.06. The quantitative estimate of drug-likeness (QED) is 0.647. The molecule has 0 fully saturated rings. The fourth-order valence-corrected chi connectivity index (χ4v) is 3.36. The molecule has 1 heterocycles. The molecule has 1 N–H and O–H groups in total. The van der Waals surface area contributed by atoms with E-state index in [0.717, 1.165) is 4.88 Å². The molecule has 0 aromatic carbocycles. The molecule has 0 bridgehead atoms. The molecular formula is C10H13NO2S2. The standard InChI is InChI=1S/C10H13NO2S2/c1-3-4-5-8-11-15(12,13)10-7-6-9(2)14-10/h6-7,11H,5,8H2,1-2H3. The molecule has 0 atom stereocenters. The van der Waals surface area contributed by atoms with Crippen molar-refractivity contribution < 1.29 is 8.42 Å². The van der Waals surface area contributed by atoms with Crippen LogP contribution < -0.4 is 4.72 Å². The second-order valence-electron chi connectivity index (χ2n) is 2.94. The number of hydrogen-bond acceptors (Lipinski definition) is 3. The number of aryl methyl sites for hydroxylation is 1. The minimum atomic E-state index is -3.32. The van der Waals surface area contributed by atoms with Crippen molar-refractivity contribution in [2.45, 2.75) is 24.5 Å². The highest BCUT2D eigenvalue weighted by Gasteiger charge is 2.14. The van der Waals surface area contributed by atoms with Gasteiger partial charge < -0.3 is 0 Å². The average Bonchev–Trinajstić information content (AvgIpc) is 2.60. The second-order valence-corrected chi connectivity index (χ2v) is 6.22. The van der Waals surface area contributed by atoms with E-state index in [9.17, 15) is 8.42 Å². The average molecular weight is 243 g/mol. The van der Waals surface area contributed by atoms with Crippen LogP contribution >= 0.6 is 11.3 Å². The molecule has 3 nitrogen and oxygen atoms in total.